The van der Waals surface area contributed by atoms with Gasteiger partial charge in [-0.15, -0.1) is 0 Å². The van der Waals surface area contributed by atoms with Gasteiger partial charge >= 0.3 is 0 Å². The first-order valence-corrected chi connectivity index (χ1v) is 6.56. The van der Waals surface area contributed by atoms with Crippen LogP contribution >= 0.6 is 0 Å². The maximum atomic E-state index is 12.0. The van der Waals surface area contributed by atoms with Gasteiger partial charge in [-0.1, -0.05) is 18.2 Å². The quantitative estimate of drug-likeness (QED) is 0.834. The van der Waals surface area contributed by atoms with Gasteiger partial charge in [-0.25, -0.2) is 0 Å². The summed E-state index contributed by atoms with van der Waals surface area (Å²) in [5, 5.41) is 8.82. The van der Waals surface area contributed by atoms with Gasteiger partial charge in [0.25, 0.3) is 5.91 Å². The summed E-state index contributed by atoms with van der Waals surface area (Å²) in [5.74, 6) is 0.851. The molecule has 0 radical (unpaired) electrons. The van der Waals surface area contributed by atoms with Crippen LogP contribution in [0.2, 0.25) is 0 Å². The topological polar surface area (TPSA) is 53.3 Å². The Kier molecular flexibility index (Phi) is 4.40. The number of aryl methyl sites for hydroxylation is 1. The van der Waals surface area contributed by atoms with E-state index >= 15 is 0 Å². The molecule has 1 saturated heterocycles. The summed E-state index contributed by atoms with van der Waals surface area (Å²) in [5.41, 5.74) is 1.03. The molecular formula is C15H18N2O2. The lowest BCUT2D eigenvalue weighted by Crippen LogP contribution is -2.40. The first-order valence-electron chi connectivity index (χ1n) is 6.56. The number of piperidine rings is 1. The van der Waals surface area contributed by atoms with E-state index in [9.17, 15) is 4.79 Å². The first kappa shape index (κ1) is 13.4. The van der Waals surface area contributed by atoms with Crippen LogP contribution in [-0.4, -0.2) is 30.5 Å². The van der Waals surface area contributed by atoms with Crippen LogP contribution in [0.25, 0.3) is 0 Å². The molecule has 1 aromatic carbocycles. The predicted octanol–water partition coefficient (Wildman–Crippen LogP) is 2.14. The predicted molar refractivity (Wildman–Crippen MR) is 71.6 cm³/mol. The highest BCUT2D eigenvalue weighted by molar-refractivity contribution is 5.77. The van der Waals surface area contributed by atoms with Gasteiger partial charge in [0.2, 0.25) is 0 Å². The van der Waals surface area contributed by atoms with E-state index in [0.29, 0.717) is 13.1 Å². The number of hydrogen-bond donors (Lipinski definition) is 0. The molecule has 1 heterocycles. The Hall–Kier alpha value is -2.02. The zero-order valence-corrected chi connectivity index (χ0v) is 11.1. The molecule has 1 aliphatic heterocycles. The molecule has 0 spiro atoms. The second-order valence-corrected chi connectivity index (χ2v) is 4.84. The van der Waals surface area contributed by atoms with E-state index in [1.165, 1.54) is 0 Å². The van der Waals surface area contributed by atoms with Crippen LogP contribution < -0.4 is 4.74 Å². The van der Waals surface area contributed by atoms with Crippen LogP contribution in [-0.2, 0) is 4.79 Å². The first-order chi connectivity index (χ1) is 9.20. The largest absolute Gasteiger partial charge is 0.484 e. The maximum Gasteiger partial charge on any atom is 0.260 e. The molecule has 1 fully saturated rings. The van der Waals surface area contributed by atoms with Crippen LogP contribution in [0.15, 0.2) is 24.3 Å². The van der Waals surface area contributed by atoms with E-state index in [4.69, 9.17) is 10.00 Å². The minimum Gasteiger partial charge on any atom is -0.484 e. The lowest BCUT2D eigenvalue weighted by atomic mass is 9.99. The van der Waals surface area contributed by atoms with Gasteiger partial charge in [-0.3, -0.25) is 4.79 Å². The second-order valence-electron chi connectivity index (χ2n) is 4.84. The third-order valence-electron chi connectivity index (χ3n) is 3.47. The number of amides is 1. The van der Waals surface area contributed by atoms with Crippen molar-refractivity contribution in [3.05, 3.63) is 29.8 Å². The Balaban J connectivity index is 1.83. The summed E-state index contributed by atoms with van der Waals surface area (Å²) in [6, 6.07) is 9.92. The molecule has 2 rings (SSSR count). The van der Waals surface area contributed by atoms with Crippen molar-refractivity contribution in [2.24, 2.45) is 5.92 Å². The summed E-state index contributed by atoms with van der Waals surface area (Å²) in [7, 11) is 0. The summed E-state index contributed by atoms with van der Waals surface area (Å²) in [6.07, 6.45) is 1.54. The molecule has 4 nitrogen and oxygen atoms in total. The lowest BCUT2D eigenvalue weighted by molar-refractivity contribution is -0.134. The van der Waals surface area contributed by atoms with E-state index in [2.05, 4.69) is 6.07 Å². The second kappa shape index (κ2) is 6.24. The third kappa shape index (κ3) is 3.47. The van der Waals surface area contributed by atoms with Crippen LogP contribution in [0.1, 0.15) is 18.4 Å². The molecule has 4 heteroatoms. The SMILES string of the molecule is Cc1ccccc1OCC(=O)N1CCC(C#N)CC1. The van der Waals surface area contributed by atoms with Crippen molar-refractivity contribution >= 4 is 5.91 Å². The highest BCUT2D eigenvalue weighted by atomic mass is 16.5. The van der Waals surface area contributed by atoms with Crippen molar-refractivity contribution in [1.29, 1.82) is 5.26 Å². The molecule has 1 aromatic rings. The van der Waals surface area contributed by atoms with Gasteiger partial charge in [-0.05, 0) is 31.4 Å². The van der Waals surface area contributed by atoms with Gasteiger partial charge in [0.15, 0.2) is 6.61 Å². The molecule has 0 atom stereocenters. The van der Waals surface area contributed by atoms with Gasteiger partial charge in [0, 0.05) is 19.0 Å². The number of nitriles is 1. The molecular weight excluding hydrogens is 240 g/mol. The molecule has 0 unspecified atom stereocenters. The van der Waals surface area contributed by atoms with Crippen molar-refractivity contribution in [1.82, 2.24) is 4.90 Å². The summed E-state index contributed by atoms with van der Waals surface area (Å²) in [4.78, 5) is 13.8. The number of carbonyl (C=O) groups excluding carboxylic acids is 1. The molecule has 0 aromatic heterocycles. The molecule has 1 amide bonds. The Morgan fingerprint density at radius 1 is 1.42 bits per heavy atom. The van der Waals surface area contributed by atoms with Gasteiger partial charge in [0.05, 0.1) is 6.07 Å². The number of ether oxygens (including phenoxy) is 1. The van der Waals surface area contributed by atoms with Crippen molar-refractivity contribution in [2.45, 2.75) is 19.8 Å². The molecule has 0 N–H and O–H groups in total. The van der Waals surface area contributed by atoms with E-state index in [0.717, 1.165) is 24.2 Å². The number of benzene rings is 1. The van der Waals surface area contributed by atoms with Gasteiger partial charge < -0.3 is 9.64 Å². The smallest absolute Gasteiger partial charge is 0.260 e. The van der Waals surface area contributed by atoms with Gasteiger partial charge in [-0.2, -0.15) is 5.26 Å². The number of para-hydroxylation sites is 1. The average Bonchev–Trinajstić information content (AvgIpc) is 2.46. The third-order valence-corrected chi connectivity index (χ3v) is 3.47. The fourth-order valence-corrected chi connectivity index (χ4v) is 2.21. The summed E-state index contributed by atoms with van der Waals surface area (Å²) < 4.78 is 5.55. The monoisotopic (exact) mass is 258 g/mol. The van der Waals surface area contributed by atoms with E-state index in [1.54, 1.807) is 4.90 Å². The van der Waals surface area contributed by atoms with Crippen LogP contribution in [0.3, 0.4) is 0 Å². The summed E-state index contributed by atoms with van der Waals surface area (Å²) in [6.45, 7) is 3.35. The number of likely N-dealkylation sites (tertiary alicyclic amines) is 1. The molecule has 19 heavy (non-hydrogen) atoms. The molecule has 0 aliphatic carbocycles. The normalized spacial score (nSPS) is 15.9. The van der Waals surface area contributed by atoms with Crippen molar-refractivity contribution < 1.29 is 9.53 Å². The highest BCUT2D eigenvalue weighted by Crippen LogP contribution is 2.18. The van der Waals surface area contributed by atoms with Crippen LogP contribution in [0.5, 0.6) is 5.75 Å². The number of rotatable bonds is 3. The van der Waals surface area contributed by atoms with E-state index in [1.807, 2.05) is 31.2 Å². The number of nitrogens with zero attached hydrogens (tertiary/aromatic N) is 2. The lowest BCUT2D eigenvalue weighted by Gasteiger charge is -2.29. The van der Waals surface area contributed by atoms with E-state index < -0.39 is 0 Å². The number of carbonyl (C=O) groups is 1. The van der Waals surface area contributed by atoms with Crippen LogP contribution in [0.4, 0.5) is 0 Å². The van der Waals surface area contributed by atoms with Crippen LogP contribution in [0, 0.1) is 24.2 Å². The minimum absolute atomic E-state index is 0.000331. The van der Waals surface area contributed by atoms with E-state index in [-0.39, 0.29) is 18.4 Å². The molecule has 100 valence electrons. The Labute approximate surface area is 113 Å². The zero-order valence-electron chi connectivity index (χ0n) is 11.1. The van der Waals surface area contributed by atoms with Crippen molar-refractivity contribution in [2.75, 3.05) is 19.7 Å². The van der Waals surface area contributed by atoms with Gasteiger partial charge in [0.1, 0.15) is 5.75 Å². The molecule has 0 bridgehead atoms. The Morgan fingerprint density at radius 3 is 2.74 bits per heavy atom. The molecule has 1 aliphatic rings. The Bertz CT molecular complexity index is 485. The summed E-state index contributed by atoms with van der Waals surface area (Å²) >= 11 is 0. The standard InChI is InChI=1S/C15H18N2O2/c1-12-4-2-3-5-14(12)19-11-15(18)17-8-6-13(10-16)7-9-17/h2-5,13H,6-9,11H2,1H3. The highest BCUT2D eigenvalue weighted by Gasteiger charge is 2.22. The zero-order chi connectivity index (χ0) is 13.7. The Morgan fingerprint density at radius 2 is 2.11 bits per heavy atom. The minimum atomic E-state index is -0.000331. The van der Waals surface area contributed by atoms with Crippen molar-refractivity contribution in [3.63, 3.8) is 0 Å². The average molecular weight is 258 g/mol. The molecule has 0 saturated carbocycles. The fourth-order valence-electron chi connectivity index (χ4n) is 2.21. The maximum absolute atomic E-state index is 12.0. The number of hydrogen-bond acceptors (Lipinski definition) is 3. The fraction of sp³-hybridized carbons (Fsp3) is 0.467. The van der Waals surface area contributed by atoms with Crippen molar-refractivity contribution in [3.8, 4) is 11.8 Å².